The lowest BCUT2D eigenvalue weighted by molar-refractivity contribution is -0.233. The molecule has 2 N–H and O–H groups in total. The number of aromatic nitrogens is 6. The van der Waals surface area contributed by atoms with Gasteiger partial charge in [-0.05, 0) is 261 Å². The van der Waals surface area contributed by atoms with Gasteiger partial charge in [-0.2, -0.15) is 13.2 Å². The molecule has 22 heteroatoms. The van der Waals surface area contributed by atoms with Crippen LogP contribution in [0.4, 0.5) is 13.2 Å². The lowest BCUT2D eigenvalue weighted by Crippen LogP contribution is -2.65. The van der Waals surface area contributed by atoms with Gasteiger partial charge in [0.05, 0.1) is 34.9 Å². The Bertz CT molecular complexity index is 4350. The Morgan fingerprint density at radius 3 is 1.70 bits per heavy atom. The second kappa shape index (κ2) is 28.0. The summed E-state index contributed by atoms with van der Waals surface area (Å²) in [7, 11) is 0. The smallest absolute Gasteiger partial charge is 0.418 e. The lowest BCUT2D eigenvalue weighted by Gasteiger charge is -2.72. The van der Waals surface area contributed by atoms with Crippen molar-refractivity contribution in [2.45, 2.75) is 290 Å². The van der Waals surface area contributed by atoms with Crippen LogP contribution < -0.4 is 0 Å². The fraction of sp³-hybridized carbons (Fsp3) is 0.724. The third-order valence-electron chi connectivity index (χ3n) is 32.0. The molecule has 0 bridgehead atoms. The van der Waals surface area contributed by atoms with E-state index in [4.69, 9.17) is 18.3 Å². The number of esters is 2. The van der Waals surface area contributed by atoms with Crippen molar-refractivity contribution in [3.8, 4) is 23.2 Å². The van der Waals surface area contributed by atoms with E-state index in [0.717, 1.165) is 111 Å². The molecule has 0 saturated heterocycles. The molecule has 9 aliphatic carbocycles. The number of rotatable bonds is 22. The van der Waals surface area contributed by atoms with E-state index in [1.165, 1.54) is 31.9 Å². The predicted octanol–water partition coefficient (Wildman–Crippen LogP) is 19.8. The number of Topliss-reactive ketones (excluding diaryl/α,β-unsaturated/α-hetero) is 2. The number of hydrogen-bond acceptors (Lipinski definition) is 16. The van der Waals surface area contributed by atoms with Gasteiger partial charge in [0.2, 0.25) is 11.8 Å². The number of halogens is 4. The molecule has 109 heavy (non-hydrogen) atoms. The number of carboxylic acids is 2. The number of hydrogen-bond donors (Lipinski definition) is 2. The summed E-state index contributed by atoms with van der Waals surface area (Å²) in [5.41, 5.74) is -2.83. The first-order chi connectivity index (χ1) is 50.8. The van der Waals surface area contributed by atoms with Crippen molar-refractivity contribution in [3.63, 3.8) is 0 Å². The molecule has 4 aromatic heterocycles. The number of nitrogens with zero attached hydrogens (tertiary/aromatic N) is 6. The van der Waals surface area contributed by atoms with Crippen molar-refractivity contribution in [1.29, 1.82) is 0 Å². The molecule has 0 spiro atoms. The maximum absolute atomic E-state index is 15.3. The SMILES string of the molecule is CC[C@H](CC[C@@]1(C)[C@H](C)CC[C@]2(C)[C@@H]1CC[C@@H]1C3=C(C(C)C)C(=O)C[C@]3(Cc3nnc(-c4ccc(C(F)(F)F)c(CC(C)(CC(=O)O[C@H]5CC[C@]6(C)[C@H]7CC[C@@H]8C9=C(C(C)C)C(=O)C[C@]9(Cc9nnc(-c%10ccc(Br)cn%10)o9)CC[C@@]8(C)[C@]7(C)CC[C@H]6C5(C)C)C(=O)O)n4)o3)CC[C@]12C)OC(=O)CC(C)(C)C(=O)O. The van der Waals surface area contributed by atoms with Crippen molar-refractivity contribution in [1.82, 2.24) is 30.4 Å². The highest BCUT2D eigenvalue weighted by Gasteiger charge is 2.72. The lowest BCUT2D eigenvalue weighted by atomic mass is 9.33. The quantitative estimate of drug-likeness (QED) is 0.0692. The number of pyridine rings is 2. The molecule has 0 aromatic carbocycles. The second-order valence-electron chi connectivity index (χ2n) is 39.2. The van der Waals surface area contributed by atoms with Crippen molar-refractivity contribution < 1.29 is 70.5 Å². The maximum atomic E-state index is 15.3. The molecule has 0 radical (unpaired) electrons. The van der Waals surface area contributed by atoms with Crippen LogP contribution in [0.5, 0.6) is 0 Å². The summed E-state index contributed by atoms with van der Waals surface area (Å²) in [4.78, 5) is 91.4. The standard InChI is InChI=1S/C87H116BrF3N6O12/c1-18-51(106-66(100)44-76(7,8)74(102)103)28-31-79(12)49(6)27-33-83(16)61(79)25-21-53-70-68(47(2)3)59(99)41-86(70,37-35-81(53,83)14)43-65-95-97-73(109-65)56-24-20-52(87(89,90)91)57(93-56)39-78(11,75(104)105)45-67(101)107-63-30-32-80(13)60(77(63,9)10)29-34-84(17)62(80)26-22-54-71-69(48(4)5)58(98)40-85(71,38-36-82(54,84)15)42-64-94-96-72(108-64)55-23-19-50(88)46-92-55/h19-20,23-24,46-49,51,53-54,60-63H,18,21-22,25-45H2,1-17H3,(H,102,103)(H,104,105)/t49-,51-,53-,54-,60+,61-,62-,63+,78?,79+,80+,81-,82-,83-,84-,85+,86+/m1/s1. The number of aliphatic carboxylic acids is 2. The highest BCUT2D eigenvalue weighted by atomic mass is 79.9. The summed E-state index contributed by atoms with van der Waals surface area (Å²) in [5.74, 6) is -1.30. The van der Waals surface area contributed by atoms with Crippen LogP contribution in [0, 0.1) is 107 Å². The van der Waals surface area contributed by atoms with E-state index in [1.807, 2.05) is 19.1 Å². The summed E-state index contributed by atoms with van der Waals surface area (Å²) in [5, 5.41) is 38.7. The van der Waals surface area contributed by atoms with Crippen molar-refractivity contribution in [2.75, 3.05) is 0 Å². The van der Waals surface area contributed by atoms with Crippen LogP contribution in [0.2, 0.25) is 0 Å². The number of ether oxygens (including phenoxy) is 2. The van der Waals surface area contributed by atoms with Crippen LogP contribution in [-0.2, 0) is 63.7 Å². The third kappa shape index (κ3) is 13.3. The molecule has 4 heterocycles. The molecule has 4 aromatic rings. The normalized spacial score (nSPS) is 35.0. The van der Waals surface area contributed by atoms with E-state index in [2.05, 4.69) is 136 Å². The molecule has 9 aliphatic rings. The van der Waals surface area contributed by atoms with Crippen LogP contribution in [0.15, 0.2) is 66.1 Å². The van der Waals surface area contributed by atoms with Crippen LogP contribution in [0.1, 0.15) is 276 Å². The first-order valence-corrected chi connectivity index (χ1v) is 41.3. The van der Waals surface area contributed by atoms with E-state index in [9.17, 15) is 39.0 Å². The van der Waals surface area contributed by atoms with Gasteiger partial charge in [0.1, 0.15) is 23.6 Å². The number of carboxylic acid groups (broad SMARTS) is 2. The van der Waals surface area contributed by atoms with Crippen molar-refractivity contribution in [2.24, 2.45) is 107 Å². The summed E-state index contributed by atoms with van der Waals surface area (Å²) < 4.78 is 71.9. The highest BCUT2D eigenvalue weighted by Crippen LogP contribution is 2.79. The fourth-order valence-electron chi connectivity index (χ4n) is 25.6. The summed E-state index contributed by atoms with van der Waals surface area (Å²) in [6.07, 6.45) is 9.62. The van der Waals surface area contributed by atoms with Gasteiger partial charge in [-0.3, -0.25) is 28.8 Å². The molecule has 594 valence electrons. The van der Waals surface area contributed by atoms with Crippen molar-refractivity contribution in [3.05, 3.63) is 80.3 Å². The summed E-state index contributed by atoms with van der Waals surface area (Å²) in [6.45, 7) is 36.2. The minimum atomic E-state index is -4.96. The molecule has 0 amide bonds. The van der Waals surface area contributed by atoms with Crippen LogP contribution in [0.3, 0.4) is 0 Å². The third-order valence-corrected chi connectivity index (χ3v) is 32.5. The number of ketones is 2. The molecule has 0 aliphatic heterocycles. The van der Waals surface area contributed by atoms with Crippen LogP contribution in [-0.4, -0.2) is 88.2 Å². The van der Waals surface area contributed by atoms with Crippen molar-refractivity contribution >= 4 is 51.4 Å². The zero-order valence-electron chi connectivity index (χ0n) is 67.3. The molecule has 13 rings (SSSR count). The minimum absolute atomic E-state index is 0.0398. The van der Waals surface area contributed by atoms with Crippen LogP contribution in [0.25, 0.3) is 23.2 Å². The van der Waals surface area contributed by atoms with E-state index >= 15 is 13.2 Å². The Balaban J connectivity index is 0.696. The first kappa shape index (κ1) is 80.6. The van der Waals surface area contributed by atoms with Gasteiger partial charge in [-0.15, -0.1) is 20.4 Å². The molecule has 7 fully saturated rings. The summed E-state index contributed by atoms with van der Waals surface area (Å²) >= 11 is 3.46. The van der Waals surface area contributed by atoms with Gasteiger partial charge < -0.3 is 28.5 Å². The predicted molar refractivity (Wildman–Crippen MR) is 406 cm³/mol. The molecule has 17 atom stereocenters. The monoisotopic (exact) mass is 1570 g/mol. The Morgan fingerprint density at radius 1 is 0.633 bits per heavy atom. The Morgan fingerprint density at radius 2 is 1.17 bits per heavy atom. The first-order valence-electron chi connectivity index (χ1n) is 40.5. The van der Waals surface area contributed by atoms with E-state index in [-0.39, 0.29) is 116 Å². The van der Waals surface area contributed by atoms with E-state index < -0.39 is 87.3 Å². The van der Waals surface area contributed by atoms with Gasteiger partial charge in [-0.25, -0.2) is 9.97 Å². The van der Waals surface area contributed by atoms with Gasteiger partial charge in [0.25, 0.3) is 11.8 Å². The Hall–Kier alpha value is -6.45. The number of fused-ring (bicyclic) bond motifs is 12. The average Bonchev–Trinajstić information content (AvgIpc) is 1.67. The second-order valence-corrected chi connectivity index (χ2v) is 40.1. The van der Waals surface area contributed by atoms with E-state index in [1.54, 1.807) is 6.20 Å². The zero-order chi connectivity index (χ0) is 79.3. The van der Waals surface area contributed by atoms with Gasteiger partial charge in [0, 0.05) is 59.0 Å². The maximum Gasteiger partial charge on any atom is 0.418 e. The van der Waals surface area contributed by atoms with Gasteiger partial charge >= 0.3 is 30.1 Å². The fourth-order valence-corrected chi connectivity index (χ4v) is 25.8. The highest BCUT2D eigenvalue weighted by molar-refractivity contribution is 9.10. The number of alkyl halides is 3. The number of carbonyl (C=O) groups excluding carboxylic acids is 4. The average molecular weight is 1570 g/mol. The Labute approximate surface area is 649 Å². The van der Waals surface area contributed by atoms with Crippen LogP contribution >= 0.6 is 15.9 Å². The zero-order valence-corrected chi connectivity index (χ0v) is 68.9. The van der Waals surface area contributed by atoms with Gasteiger partial charge in [-0.1, -0.05) is 108 Å². The molecular weight excluding hydrogens is 1460 g/mol. The Kier molecular flexibility index (Phi) is 20.7. The summed E-state index contributed by atoms with van der Waals surface area (Å²) in [6, 6.07) is 5.71. The molecule has 18 nitrogen and oxygen atoms in total. The largest absolute Gasteiger partial charge is 0.481 e. The van der Waals surface area contributed by atoms with E-state index in [0.29, 0.717) is 73.8 Å². The number of allylic oxidation sites excluding steroid dienone is 4. The molecule has 1 unspecified atom stereocenters. The van der Waals surface area contributed by atoms with Gasteiger partial charge in [0.15, 0.2) is 11.6 Å². The topological polar surface area (TPSA) is 265 Å². The number of carbonyl (C=O) groups is 6. The molecule has 7 saturated carbocycles. The minimum Gasteiger partial charge on any atom is -0.481 e. The molecular formula is C87H116BrF3N6O12.